The number of para-hydroxylation sites is 1. The molecule has 0 saturated heterocycles. The molecule has 80 valence electrons. The molecule has 0 aromatic heterocycles. The summed E-state index contributed by atoms with van der Waals surface area (Å²) in [5, 5.41) is 0. The highest BCUT2D eigenvalue weighted by molar-refractivity contribution is 5.81. The van der Waals surface area contributed by atoms with Gasteiger partial charge in [0, 0.05) is 0 Å². The van der Waals surface area contributed by atoms with E-state index in [2.05, 4.69) is 5.43 Å². The average Bonchev–Trinajstić information content (AvgIpc) is 2.25. The number of nitrogens with one attached hydrogen (secondary N) is 2. The summed E-state index contributed by atoms with van der Waals surface area (Å²) >= 11 is 0. The minimum absolute atomic E-state index is 0.190. The van der Waals surface area contributed by atoms with Gasteiger partial charge in [0.05, 0.1) is 0 Å². The highest BCUT2D eigenvalue weighted by Gasteiger charge is 2.02. The summed E-state index contributed by atoms with van der Waals surface area (Å²) in [6.07, 6.45) is 0. The molecule has 0 spiro atoms. The third kappa shape index (κ3) is 4.51. The van der Waals surface area contributed by atoms with Crippen molar-refractivity contribution in [2.75, 3.05) is 6.61 Å². The van der Waals surface area contributed by atoms with Crippen molar-refractivity contribution in [3.05, 3.63) is 30.3 Å². The van der Waals surface area contributed by atoms with Crippen molar-refractivity contribution in [2.45, 2.75) is 0 Å². The minimum Gasteiger partial charge on any atom is -0.484 e. The number of hydrazine groups is 1. The summed E-state index contributed by atoms with van der Waals surface area (Å²) in [6.45, 7) is -0.190. The number of primary amides is 1. The lowest BCUT2D eigenvalue weighted by atomic mass is 10.3. The van der Waals surface area contributed by atoms with E-state index in [1.807, 2.05) is 11.5 Å². The highest BCUT2D eigenvalue weighted by atomic mass is 16.5. The SMILES string of the molecule is NC(=O)NNC(=O)COc1ccccc1. The lowest BCUT2D eigenvalue weighted by Crippen LogP contribution is -2.46. The predicted molar refractivity (Wildman–Crippen MR) is 52.8 cm³/mol. The van der Waals surface area contributed by atoms with Gasteiger partial charge >= 0.3 is 6.03 Å². The summed E-state index contributed by atoms with van der Waals surface area (Å²) in [4.78, 5) is 21.2. The Hall–Kier alpha value is -2.24. The minimum atomic E-state index is -0.830. The van der Waals surface area contributed by atoms with Gasteiger partial charge in [-0.2, -0.15) is 0 Å². The molecule has 1 aromatic carbocycles. The Kier molecular flexibility index (Phi) is 3.96. The van der Waals surface area contributed by atoms with E-state index in [1.165, 1.54) is 0 Å². The summed E-state index contributed by atoms with van der Waals surface area (Å²) in [5.41, 5.74) is 8.75. The number of ether oxygens (including phenoxy) is 1. The van der Waals surface area contributed by atoms with Gasteiger partial charge in [-0.3, -0.25) is 10.2 Å². The number of carbonyl (C=O) groups excluding carboxylic acids is 2. The maximum atomic E-state index is 11.0. The molecule has 0 fully saturated rings. The molecule has 1 aromatic rings. The lowest BCUT2D eigenvalue weighted by Gasteiger charge is -2.06. The molecule has 0 bridgehead atoms. The fourth-order valence-corrected chi connectivity index (χ4v) is 0.833. The number of benzene rings is 1. The fraction of sp³-hybridized carbons (Fsp3) is 0.111. The molecule has 3 amide bonds. The number of amides is 3. The molecule has 6 nitrogen and oxygen atoms in total. The van der Waals surface area contributed by atoms with E-state index in [9.17, 15) is 9.59 Å². The monoisotopic (exact) mass is 209 g/mol. The molecule has 0 heterocycles. The lowest BCUT2D eigenvalue weighted by molar-refractivity contribution is -0.123. The molecule has 0 aliphatic carbocycles. The normalized spacial score (nSPS) is 9.07. The molecule has 0 aliphatic heterocycles. The first-order chi connectivity index (χ1) is 7.18. The van der Waals surface area contributed by atoms with Gasteiger partial charge < -0.3 is 10.5 Å². The van der Waals surface area contributed by atoms with Crippen LogP contribution in [0, 0.1) is 0 Å². The van der Waals surface area contributed by atoms with Crippen LogP contribution >= 0.6 is 0 Å². The van der Waals surface area contributed by atoms with E-state index in [-0.39, 0.29) is 6.61 Å². The second kappa shape index (κ2) is 5.48. The van der Waals surface area contributed by atoms with Crippen molar-refractivity contribution in [2.24, 2.45) is 5.73 Å². The Balaban J connectivity index is 2.26. The van der Waals surface area contributed by atoms with Crippen molar-refractivity contribution in [1.82, 2.24) is 10.9 Å². The first kappa shape index (κ1) is 10.8. The Morgan fingerprint density at radius 1 is 1.20 bits per heavy atom. The maximum absolute atomic E-state index is 11.0. The third-order valence-corrected chi connectivity index (χ3v) is 1.44. The molecule has 0 saturated carbocycles. The largest absolute Gasteiger partial charge is 0.484 e. The van der Waals surface area contributed by atoms with Crippen LogP contribution < -0.4 is 21.3 Å². The highest BCUT2D eigenvalue weighted by Crippen LogP contribution is 2.07. The first-order valence-corrected chi connectivity index (χ1v) is 4.20. The number of nitrogens with two attached hydrogens (primary N) is 1. The van der Waals surface area contributed by atoms with Crippen molar-refractivity contribution in [3.63, 3.8) is 0 Å². The van der Waals surface area contributed by atoms with Gasteiger partial charge in [0.25, 0.3) is 5.91 Å². The van der Waals surface area contributed by atoms with Crippen LogP contribution in [-0.2, 0) is 4.79 Å². The van der Waals surface area contributed by atoms with Crippen LogP contribution in [0.5, 0.6) is 5.75 Å². The smallest absolute Gasteiger partial charge is 0.330 e. The summed E-state index contributed by atoms with van der Waals surface area (Å²) in [5.74, 6) is 0.0874. The molecule has 0 aliphatic rings. The molecule has 1 rings (SSSR count). The maximum Gasteiger partial charge on any atom is 0.330 e. The summed E-state index contributed by atoms with van der Waals surface area (Å²) in [7, 11) is 0. The fourth-order valence-electron chi connectivity index (χ4n) is 0.833. The van der Waals surface area contributed by atoms with Gasteiger partial charge in [0.15, 0.2) is 6.61 Å². The predicted octanol–water partition coefficient (Wildman–Crippen LogP) is -0.235. The van der Waals surface area contributed by atoms with Crippen LogP contribution in [0.3, 0.4) is 0 Å². The van der Waals surface area contributed by atoms with Crippen molar-refractivity contribution < 1.29 is 14.3 Å². The Morgan fingerprint density at radius 3 is 2.47 bits per heavy atom. The molecule has 4 N–H and O–H groups in total. The zero-order chi connectivity index (χ0) is 11.1. The van der Waals surface area contributed by atoms with Gasteiger partial charge in [0.1, 0.15) is 5.75 Å². The van der Waals surface area contributed by atoms with Crippen LogP contribution in [-0.4, -0.2) is 18.5 Å². The van der Waals surface area contributed by atoms with Gasteiger partial charge in [-0.05, 0) is 12.1 Å². The van der Waals surface area contributed by atoms with E-state index in [4.69, 9.17) is 10.5 Å². The van der Waals surface area contributed by atoms with E-state index >= 15 is 0 Å². The molecule has 15 heavy (non-hydrogen) atoms. The van der Waals surface area contributed by atoms with Crippen molar-refractivity contribution in [3.8, 4) is 5.75 Å². The molecule has 0 atom stereocenters. The summed E-state index contributed by atoms with van der Waals surface area (Å²) < 4.78 is 5.10. The van der Waals surface area contributed by atoms with Crippen molar-refractivity contribution in [1.29, 1.82) is 0 Å². The second-order valence-corrected chi connectivity index (χ2v) is 2.64. The van der Waals surface area contributed by atoms with Gasteiger partial charge in [-0.15, -0.1) is 0 Å². The molecular weight excluding hydrogens is 198 g/mol. The van der Waals surface area contributed by atoms with E-state index in [1.54, 1.807) is 24.3 Å². The van der Waals surface area contributed by atoms with Crippen LogP contribution in [0.25, 0.3) is 0 Å². The molecule has 0 unspecified atom stereocenters. The molecule has 6 heteroatoms. The Bertz CT molecular complexity index is 340. The first-order valence-electron chi connectivity index (χ1n) is 4.20. The number of hydrogen-bond donors (Lipinski definition) is 3. The van der Waals surface area contributed by atoms with E-state index in [0.717, 1.165) is 0 Å². The zero-order valence-electron chi connectivity index (χ0n) is 7.90. The number of rotatable bonds is 3. The summed E-state index contributed by atoms with van der Waals surface area (Å²) in [6, 6.07) is 8.01. The van der Waals surface area contributed by atoms with Crippen LogP contribution in [0.4, 0.5) is 4.79 Å². The van der Waals surface area contributed by atoms with Gasteiger partial charge in [-0.1, -0.05) is 18.2 Å². The van der Waals surface area contributed by atoms with Gasteiger partial charge in [0.2, 0.25) is 0 Å². The zero-order valence-corrected chi connectivity index (χ0v) is 7.90. The van der Waals surface area contributed by atoms with E-state index < -0.39 is 11.9 Å². The van der Waals surface area contributed by atoms with E-state index in [0.29, 0.717) is 5.75 Å². The number of urea groups is 1. The van der Waals surface area contributed by atoms with Gasteiger partial charge in [-0.25, -0.2) is 10.2 Å². The van der Waals surface area contributed by atoms with Crippen molar-refractivity contribution >= 4 is 11.9 Å². The number of carbonyl (C=O) groups is 2. The average molecular weight is 209 g/mol. The number of hydrogen-bond acceptors (Lipinski definition) is 3. The second-order valence-electron chi connectivity index (χ2n) is 2.64. The third-order valence-electron chi connectivity index (χ3n) is 1.44. The molecular formula is C9H11N3O3. The topological polar surface area (TPSA) is 93.5 Å². The van der Waals surface area contributed by atoms with Crippen LogP contribution in [0.15, 0.2) is 30.3 Å². The van der Waals surface area contributed by atoms with Crippen LogP contribution in [0.1, 0.15) is 0 Å². The Morgan fingerprint density at radius 2 is 1.87 bits per heavy atom. The van der Waals surface area contributed by atoms with Crippen LogP contribution in [0.2, 0.25) is 0 Å². The Labute approximate surface area is 86.4 Å². The molecule has 0 radical (unpaired) electrons. The standard InChI is InChI=1S/C9H11N3O3/c10-9(14)12-11-8(13)6-15-7-4-2-1-3-5-7/h1-5H,6H2,(H,11,13)(H3,10,12,14). The quantitative estimate of drug-likeness (QED) is 0.600.